The van der Waals surface area contributed by atoms with Crippen LogP contribution in [0, 0.1) is 0 Å². The molecule has 0 aliphatic carbocycles. The van der Waals surface area contributed by atoms with Crippen molar-refractivity contribution in [2.75, 3.05) is 0 Å². The Bertz CT molecular complexity index is 424. The summed E-state index contributed by atoms with van der Waals surface area (Å²) >= 11 is 0. The summed E-state index contributed by atoms with van der Waals surface area (Å²) in [4.78, 5) is 10.9. The molecule has 0 rings (SSSR count). The average molecular weight is 281 g/mol. The van der Waals surface area contributed by atoms with Gasteiger partial charge in [0.25, 0.3) is 0 Å². The van der Waals surface area contributed by atoms with E-state index in [1.807, 2.05) is 0 Å². The van der Waals surface area contributed by atoms with Gasteiger partial charge in [-0.05, 0) is 33.3 Å². The Labute approximate surface area is 107 Å². The van der Waals surface area contributed by atoms with Crippen LogP contribution in [0.2, 0.25) is 0 Å². The van der Waals surface area contributed by atoms with Crippen molar-refractivity contribution in [1.82, 2.24) is 6.15 Å². The maximum atomic E-state index is 10.9. The van der Waals surface area contributed by atoms with Gasteiger partial charge in [-0.2, -0.15) is 0 Å². The Morgan fingerprint density at radius 3 is 2.33 bits per heavy atom. The van der Waals surface area contributed by atoms with E-state index in [2.05, 4.69) is 15.5 Å². The topological polar surface area (TPSA) is 129 Å². The van der Waals surface area contributed by atoms with Crippen LogP contribution in [0.15, 0.2) is 24.5 Å². The van der Waals surface area contributed by atoms with Gasteiger partial charge < -0.3 is 15.4 Å². The molecule has 0 saturated heterocycles. The molecular formula is C10H19NO6S. The first-order valence-electron chi connectivity index (χ1n) is 4.71. The molecule has 0 bridgehead atoms. The standard InChI is InChI=1S/C10H16O6S.H3N/c1-8(2)9(11)15-7-5-6-10(3,4)16-17(12,13)14;/h5,7H,1,6H2,2-4H3,(H,12,13,14);1H3. The minimum atomic E-state index is -4.75. The van der Waals surface area contributed by atoms with Gasteiger partial charge in [-0.3, -0.25) is 4.18 Å². The maximum Gasteiger partial charge on any atom is 0.337 e. The van der Waals surface area contributed by atoms with Gasteiger partial charge in [-0.1, -0.05) is 6.58 Å². The van der Waals surface area contributed by atoms with Gasteiger partial charge in [0.05, 0.1) is 11.9 Å². The molecule has 0 unspecified atom stereocenters. The highest BCUT2D eigenvalue weighted by atomic mass is 32.3. The van der Waals surface area contributed by atoms with Crippen LogP contribution in [0.3, 0.4) is 0 Å². The second-order valence-electron chi connectivity index (χ2n) is 4.01. The molecule has 0 atom stereocenters. The molecule has 0 saturated carbocycles. The summed E-state index contributed by atoms with van der Waals surface area (Å²) in [6, 6.07) is 0. The van der Waals surface area contributed by atoms with Gasteiger partial charge in [0.1, 0.15) is 0 Å². The second kappa shape index (κ2) is 7.27. The Morgan fingerprint density at radius 2 is 1.94 bits per heavy atom. The minimum Gasteiger partial charge on any atom is -0.726 e. The highest BCUT2D eigenvalue weighted by Crippen LogP contribution is 2.17. The first kappa shape index (κ1) is 19.1. The molecule has 106 valence electrons. The molecule has 0 fully saturated rings. The Hall–Kier alpha value is -1.22. The molecular weight excluding hydrogens is 262 g/mol. The summed E-state index contributed by atoms with van der Waals surface area (Å²) in [6.45, 7) is 7.72. The lowest BCUT2D eigenvalue weighted by molar-refractivity contribution is -0.133. The van der Waals surface area contributed by atoms with Crippen LogP contribution in [0.1, 0.15) is 27.2 Å². The number of quaternary nitrogens is 1. The molecule has 0 aromatic carbocycles. The molecule has 4 N–H and O–H groups in total. The molecule has 0 heterocycles. The third-order valence-corrected chi connectivity index (χ3v) is 2.21. The van der Waals surface area contributed by atoms with Gasteiger partial charge in [0, 0.05) is 5.57 Å². The van der Waals surface area contributed by atoms with Crippen molar-refractivity contribution in [2.45, 2.75) is 32.8 Å². The zero-order valence-electron chi connectivity index (χ0n) is 10.9. The minimum absolute atomic E-state index is 0. The van der Waals surface area contributed by atoms with Crippen LogP contribution in [0.5, 0.6) is 0 Å². The number of carbonyl (C=O) groups is 1. The average Bonchev–Trinajstić information content (AvgIpc) is 2.07. The van der Waals surface area contributed by atoms with Gasteiger partial charge in [0.2, 0.25) is 10.4 Å². The van der Waals surface area contributed by atoms with Crippen LogP contribution in [-0.2, 0) is 24.1 Å². The lowest BCUT2D eigenvalue weighted by atomic mass is 10.1. The zero-order chi connectivity index (χ0) is 13.7. The van der Waals surface area contributed by atoms with E-state index in [9.17, 15) is 17.8 Å². The number of hydrogen-bond donors (Lipinski definition) is 1. The number of carbonyl (C=O) groups excluding carboxylic acids is 1. The van der Waals surface area contributed by atoms with E-state index >= 15 is 0 Å². The summed E-state index contributed by atoms with van der Waals surface area (Å²) < 4.78 is 40.0. The van der Waals surface area contributed by atoms with E-state index in [1.165, 1.54) is 26.8 Å². The van der Waals surface area contributed by atoms with E-state index in [-0.39, 0.29) is 18.1 Å². The molecule has 0 aliphatic heterocycles. The first-order valence-corrected chi connectivity index (χ1v) is 6.05. The van der Waals surface area contributed by atoms with Gasteiger partial charge >= 0.3 is 5.97 Å². The molecule has 7 nitrogen and oxygen atoms in total. The second-order valence-corrected chi connectivity index (χ2v) is 5.00. The highest BCUT2D eigenvalue weighted by molar-refractivity contribution is 7.80. The molecule has 0 radical (unpaired) electrons. The van der Waals surface area contributed by atoms with Crippen molar-refractivity contribution in [3.8, 4) is 0 Å². The van der Waals surface area contributed by atoms with E-state index < -0.39 is 22.0 Å². The van der Waals surface area contributed by atoms with Crippen LogP contribution in [0.4, 0.5) is 0 Å². The largest absolute Gasteiger partial charge is 0.726 e. The lowest BCUT2D eigenvalue weighted by Gasteiger charge is -2.24. The predicted molar refractivity (Wildman–Crippen MR) is 65.5 cm³/mol. The molecule has 8 heteroatoms. The Kier molecular flexibility index (Phi) is 7.72. The van der Waals surface area contributed by atoms with Crippen molar-refractivity contribution in [1.29, 1.82) is 0 Å². The van der Waals surface area contributed by atoms with Crippen LogP contribution >= 0.6 is 0 Å². The smallest absolute Gasteiger partial charge is 0.337 e. The van der Waals surface area contributed by atoms with Gasteiger partial charge in [0.15, 0.2) is 0 Å². The monoisotopic (exact) mass is 281 g/mol. The predicted octanol–water partition coefficient (Wildman–Crippen LogP) is 1.64. The molecule has 0 amide bonds. The fourth-order valence-electron chi connectivity index (χ4n) is 0.853. The number of hydrogen-bond acceptors (Lipinski definition) is 6. The van der Waals surface area contributed by atoms with E-state index in [4.69, 9.17) is 0 Å². The molecule has 0 aromatic heterocycles. The van der Waals surface area contributed by atoms with E-state index in [0.717, 1.165) is 6.26 Å². The Balaban J connectivity index is 0. The number of rotatable bonds is 6. The summed E-state index contributed by atoms with van der Waals surface area (Å²) in [5, 5.41) is 0. The van der Waals surface area contributed by atoms with E-state index in [1.54, 1.807) is 0 Å². The summed E-state index contributed by atoms with van der Waals surface area (Å²) in [7, 11) is -4.75. The van der Waals surface area contributed by atoms with Crippen molar-refractivity contribution in [3.05, 3.63) is 24.5 Å². The van der Waals surface area contributed by atoms with Crippen LogP contribution < -0.4 is 6.15 Å². The van der Waals surface area contributed by atoms with Crippen LogP contribution in [0.25, 0.3) is 0 Å². The molecule has 18 heavy (non-hydrogen) atoms. The SMILES string of the molecule is C=C(C)C(=O)OC=CCC(C)(C)OS(=O)(=O)[O-].[NH4+]. The quantitative estimate of drug-likeness (QED) is 0.259. The van der Waals surface area contributed by atoms with Crippen molar-refractivity contribution < 1.29 is 26.7 Å². The normalized spacial score (nSPS) is 12.0. The summed E-state index contributed by atoms with van der Waals surface area (Å²) in [6.07, 6.45) is 2.57. The van der Waals surface area contributed by atoms with Crippen LogP contribution in [-0.4, -0.2) is 24.5 Å². The number of ether oxygens (including phenoxy) is 1. The maximum absolute atomic E-state index is 10.9. The summed E-state index contributed by atoms with van der Waals surface area (Å²) in [5.41, 5.74) is -0.945. The third-order valence-electron chi connectivity index (χ3n) is 1.56. The van der Waals surface area contributed by atoms with Crippen molar-refractivity contribution in [2.24, 2.45) is 0 Å². The third kappa shape index (κ3) is 9.97. The lowest BCUT2D eigenvalue weighted by Crippen LogP contribution is -2.27. The fraction of sp³-hybridized carbons (Fsp3) is 0.500. The molecule has 0 aromatic rings. The summed E-state index contributed by atoms with van der Waals surface area (Å²) in [5.74, 6) is -0.587. The fourth-order valence-corrected chi connectivity index (χ4v) is 1.47. The molecule has 0 spiro atoms. The first-order chi connectivity index (χ1) is 7.53. The Morgan fingerprint density at radius 1 is 1.44 bits per heavy atom. The zero-order valence-corrected chi connectivity index (χ0v) is 11.7. The van der Waals surface area contributed by atoms with Gasteiger partial charge in [-0.25, -0.2) is 13.2 Å². The number of esters is 1. The van der Waals surface area contributed by atoms with Crippen molar-refractivity contribution in [3.63, 3.8) is 0 Å². The highest BCUT2D eigenvalue weighted by Gasteiger charge is 2.20. The van der Waals surface area contributed by atoms with Crippen molar-refractivity contribution >= 4 is 16.4 Å². The molecule has 0 aliphatic rings. The van der Waals surface area contributed by atoms with Gasteiger partial charge in [-0.15, -0.1) is 0 Å². The van der Waals surface area contributed by atoms with E-state index in [0.29, 0.717) is 0 Å².